The molecule has 6 nitrogen and oxygen atoms in total. The Kier molecular flexibility index (Phi) is 6.86. The highest BCUT2D eigenvalue weighted by molar-refractivity contribution is 5.55. The first-order chi connectivity index (χ1) is 13.3. The molecular weight excluding hydrogens is 348 g/mol. The molecule has 0 aliphatic carbocycles. The minimum Gasteiger partial charge on any atom is -0.308 e. The van der Waals surface area contributed by atoms with Crippen LogP contribution in [0.2, 0.25) is 0 Å². The molecule has 0 amide bonds. The van der Waals surface area contributed by atoms with Gasteiger partial charge in [0.1, 0.15) is 5.82 Å². The maximum atomic E-state index is 5.05. The molecule has 28 heavy (non-hydrogen) atoms. The van der Waals surface area contributed by atoms with E-state index in [4.69, 9.17) is 10.1 Å². The number of hydrogen-bond acceptors (Lipinski definition) is 5. The van der Waals surface area contributed by atoms with Gasteiger partial charge in [0.05, 0.1) is 6.54 Å². The van der Waals surface area contributed by atoms with E-state index < -0.39 is 0 Å². The number of rotatable bonds is 6. The van der Waals surface area contributed by atoms with E-state index in [1.165, 1.54) is 5.56 Å². The van der Waals surface area contributed by atoms with Crippen LogP contribution in [-0.2, 0) is 6.54 Å². The zero-order valence-electron chi connectivity index (χ0n) is 18.4. The second-order valence-corrected chi connectivity index (χ2v) is 8.82. The number of benzene rings is 1. The first-order valence-electron chi connectivity index (χ1n) is 10.4. The van der Waals surface area contributed by atoms with Crippen molar-refractivity contribution in [2.75, 3.05) is 60.9 Å². The molecule has 0 atom stereocenters. The number of nitrogens with zero attached hydrogens (tertiary/aromatic N) is 6. The largest absolute Gasteiger partial charge is 0.308 e. The van der Waals surface area contributed by atoms with Gasteiger partial charge in [0, 0.05) is 44.2 Å². The summed E-state index contributed by atoms with van der Waals surface area (Å²) in [7, 11) is 8.63. The first kappa shape index (κ1) is 21.0. The fourth-order valence-corrected chi connectivity index (χ4v) is 3.75. The average Bonchev–Trinajstić information content (AvgIpc) is 3.00. The molecule has 0 spiro atoms. The van der Waals surface area contributed by atoms with Gasteiger partial charge in [0.15, 0.2) is 5.82 Å². The maximum absolute atomic E-state index is 5.05. The van der Waals surface area contributed by atoms with Crippen molar-refractivity contribution >= 4 is 0 Å². The van der Waals surface area contributed by atoms with Gasteiger partial charge in [-0.15, -0.1) is 0 Å². The van der Waals surface area contributed by atoms with Crippen LogP contribution in [0.1, 0.15) is 37.1 Å². The van der Waals surface area contributed by atoms with Gasteiger partial charge in [-0.05, 0) is 39.7 Å². The summed E-state index contributed by atoms with van der Waals surface area (Å²) >= 11 is 0. The predicted molar refractivity (Wildman–Crippen MR) is 116 cm³/mol. The van der Waals surface area contributed by atoms with Crippen molar-refractivity contribution in [2.24, 2.45) is 0 Å². The third-order valence-electron chi connectivity index (χ3n) is 5.59. The zero-order chi connectivity index (χ0) is 20.3. The standard InChI is InChI=1S/C22H36N6/c1-17(2)18-7-9-19(10-8-18)21-23-22(28(24-21)14-11-25(3)4)20-15-26(5)12-13-27(6)16-20/h7-10,17,20H,11-16H2,1-6H3. The summed E-state index contributed by atoms with van der Waals surface area (Å²) < 4.78 is 2.14. The van der Waals surface area contributed by atoms with E-state index in [2.05, 4.69) is 85.7 Å². The van der Waals surface area contributed by atoms with Crippen LogP contribution in [0.5, 0.6) is 0 Å². The van der Waals surface area contributed by atoms with E-state index in [1.807, 2.05) is 0 Å². The van der Waals surface area contributed by atoms with Crippen LogP contribution in [0, 0.1) is 0 Å². The summed E-state index contributed by atoms with van der Waals surface area (Å²) in [5, 5.41) is 4.92. The minimum atomic E-state index is 0.371. The molecule has 1 fully saturated rings. The zero-order valence-corrected chi connectivity index (χ0v) is 18.4. The molecule has 0 saturated carbocycles. The van der Waals surface area contributed by atoms with Crippen LogP contribution in [0.15, 0.2) is 24.3 Å². The van der Waals surface area contributed by atoms with Crippen molar-refractivity contribution in [3.63, 3.8) is 0 Å². The molecular formula is C22H36N6. The topological polar surface area (TPSA) is 40.4 Å². The van der Waals surface area contributed by atoms with Crippen LogP contribution < -0.4 is 0 Å². The highest BCUT2D eigenvalue weighted by Gasteiger charge is 2.26. The molecule has 6 heteroatoms. The van der Waals surface area contributed by atoms with Gasteiger partial charge < -0.3 is 14.7 Å². The van der Waals surface area contributed by atoms with Crippen molar-refractivity contribution in [2.45, 2.75) is 32.2 Å². The Morgan fingerprint density at radius 1 is 1.04 bits per heavy atom. The smallest absolute Gasteiger partial charge is 0.181 e. The molecule has 154 valence electrons. The highest BCUT2D eigenvalue weighted by atomic mass is 15.4. The lowest BCUT2D eigenvalue weighted by Crippen LogP contribution is -2.28. The molecule has 0 radical (unpaired) electrons. The Morgan fingerprint density at radius 3 is 2.18 bits per heavy atom. The lowest BCUT2D eigenvalue weighted by atomic mass is 10.0. The second-order valence-electron chi connectivity index (χ2n) is 8.82. The molecule has 1 aromatic carbocycles. The van der Waals surface area contributed by atoms with E-state index in [1.54, 1.807) is 0 Å². The van der Waals surface area contributed by atoms with Crippen molar-refractivity contribution in [3.05, 3.63) is 35.7 Å². The number of hydrogen-bond donors (Lipinski definition) is 0. The Morgan fingerprint density at radius 2 is 1.64 bits per heavy atom. The molecule has 2 aromatic rings. The average molecular weight is 385 g/mol. The lowest BCUT2D eigenvalue weighted by molar-refractivity contribution is 0.320. The summed E-state index contributed by atoms with van der Waals surface area (Å²) in [4.78, 5) is 12.1. The minimum absolute atomic E-state index is 0.371. The van der Waals surface area contributed by atoms with Gasteiger partial charge in [0.25, 0.3) is 0 Å². The van der Waals surface area contributed by atoms with E-state index in [-0.39, 0.29) is 0 Å². The van der Waals surface area contributed by atoms with Gasteiger partial charge in [-0.1, -0.05) is 38.1 Å². The van der Waals surface area contributed by atoms with E-state index in [0.29, 0.717) is 11.8 Å². The lowest BCUT2D eigenvalue weighted by Gasteiger charge is -2.21. The third kappa shape index (κ3) is 5.19. The SMILES string of the molecule is CC(C)c1ccc(-c2nc(C3CN(C)CCN(C)C3)n(CCN(C)C)n2)cc1. The summed E-state index contributed by atoms with van der Waals surface area (Å²) in [6, 6.07) is 8.73. The molecule has 0 unspecified atom stereocenters. The van der Waals surface area contributed by atoms with Crippen LogP contribution >= 0.6 is 0 Å². The maximum Gasteiger partial charge on any atom is 0.181 e. The van der Waals surface area contributed by atoms with Gasteiger partial charge in [-0.2, -0.15) is 5.10 Å². The molecule has 1 aromatic heterocycles. The third-order valence-corrected chi connectivity index (χ3v) is 5.59. The van der Waals surface area contributed by atoms with Crippen LogP contribution in [-0.4, -0.2) is 90.4 Å². The number of likely N-dealkylation sites (N-methyl/N-ethyl adjacent to an activating group) is 3. The fraction of sp³-hybridized carbons (Fsp3) is 0.636. The van der Waals surface area contributed by atoms with Gasteiger partial charge in [-0.25, -0.2) is 9.67 Å². The van der Waals surface area contributed by atoms with Gasteiger partial charge in [0.2, 0.25) is 0 Å². The van der Waals surface area contributed by atoms with E-state index >= 15 is 0 Å². The normalized spacial score (nSPS) is 17.6. The molecule has 2 heterocycles. The Hall–Kier alpha value is -1.76. The molecule has 0 bridgehead atoms. The van der Waals surface area contributed by atoms with Crippen LogP contribution in [0.4, 0.5) is 0 Å². The Bertz CT molecular complexity index is 737. The molecule has 3 rings (SSSR count). The van der Waals surface area contributed by atoms with Crippen LogP contribution in [0.3, 0.4) is 0 Å². The summed E-state index contributed by atoms with van der Waals surface area (Å²) in [5.41, 5.74) is 2.45. The summed E-state index contributed by atoms with van der Waals surface area (Å²) in [5.74, 6) is 2.87. The quantitative estimate of drug-likeness (QED) is 0.766. The molecule has 1 aliphatic rings. The van der Waals surface area contributed by atoms with Gasteiger partial charge in [-0.3, -0.25) is 0 Å². The fourth-order valence-electron chi connectivity index (χ4n) is 3.75. The van der Waals surface area contributed by atoms with Crippen LogP contribution in [0.25, 0.3) is 11.4 Å². The predicted octanol–water partition coefficient (Wildman–Crippen LogP) is 2.59. The van der Waals surface area contributed by atoms with Crippen molar-refractivity contribution in [3.8, 4) is 11.4 Å². The Labute approximate surface area is 170 Å². The van der Waals surface area contributed by atoms with Gasteiger partial charge >= 0.3 is 0 Å². The summed E-state index contributed by atoms with van der Waals surface area (Å²) in [6.45, 7) is 10.5. The monoisotopic (exact) mass is 384 g/mol. The number of aromatic nitrogens is 3. The molecule has 0 N–H and O–H groups in total. The summed E-state index contributed by atoms with van der Waals surface area (Å²) in [6.07, 6.45) is 0. The van der Waals surface area contributed by atoms with E-state index in [9.17, 15) is 0 Å². The molecule has 1 aliphatic heterocycles. The molecule has 1 saturated heterocycles. The van der Waals surface area contributed by atoms with E-state index in [0.717, 1.165) is 56.5 Å². The second kappa shape index (κ2) is 9.16. The van der Waals surface area contributed by atoms with Crippen molar-refractivity contribution in [1.82, 2.24) is 29.5 Å². The van der Waals surface area contributed by atoms with Crippen molar-refractivity contribution < 1.29 is 0 Å². The highest BCUT2D eigenvalue weighted by Crippen LogP contribution is 2.24. The van der Waals surface area contributed by atoms with Crippen molar-refractivity contribution in [1.29, 1.82) is 0 Å². The first-order valence-corrected chi connectivity index (χ1v) is 10.4. The Balaban J connectivity index is 1.93.